The van der Waals surface area contributed by atoms with Gasteiger partial charge in [0.25, 0.3) is 0 Å². The fraction of sp³-hybridized carbons (Fsp3) is 0.200. The van der Waals surface area contributed by atoms with E-state index in [1.807, 2.05) is 6.07 Å². The van der Waals surface area contributed by atoms with Crippen LogP contribution in [0.1, 0.15) is 10.4 Å². The summed E-state index contributed by atoms with van der Waals surface area (Å²) in [6, 6.07) is 8.54. The molecule has 0 heterocycles. The Morgan fingerprint density at radius 3 is 2.33 bits per heavy atom. The molecule has 0 N–H and O–H groups in total. The molecule has 0 aromatic heterocycles. The first-order chi connectivity index (χ1) is 7.11. The van der Waals surface area contributed by atoms with E-state index in [9.17, 15) is 4.79 Å². The van der Waals surface area contributed by atoms with Crippen LogP contribution < -0.4 is 0 Å². The van der Waals surface area contributed by atoms with Crippen LogP contribution in [0.3, 0.4) is 0 Å². The van der Waals surface area contributed by atoms with Gasteiger partial charge >= 0.3 is 11.1 Å². The molecule has 5 heteroatoms. The fourth-order valence-electron chi connectivity index (χ4n) is 0.770. The summed E-state index contributed by atoms with van der Waals surface area (Å²) in [5, 5.41) is 0.0966. The molecule has 1 rings (SSSR count). The van der Waals surface area contributed by atoms with Crippen molar-refractivity contribution in [2.75, 3.05) is 14.1 Å². The van der Waals surface area contributed by atoms with Crippen LogP contribution in [0, 0.1) is 0 Å². The van der Waals surface area contributed by atoms with E-state index >= 15 is 0 Å². The average molecular weight is 225 g/mol. The van der Waals surface area contributed by atoms with Gasteiger partial charge in [0.05, 0.1) is 5.56 Å². The van der Waals surface area contributed by atoms with Crippen LogP contribution in [0.4, 0.5) is 0 Å². The predicted octanol–water partition coefficient (Wildman–Crippen LogP) is 1.62. The van der Waals surface area contributed by atoms with Crippen molar-refractivity contribution in [3.05, 3.63) is 35.9 Å². The lowest BCUT2D eigenvalue weighted by Gasteiger charge is -2.11. The molecule has 0 radical (unpaired) electrons. The van der Waals surface area contributed by atoms with E-state index in [0.717, 1.165) is 0 Å². The van der Waals surface area contributed by atoms with Crippen molar-refractivity contribution in [3.63, 3.8) is 0 Å². The number of benzene rings is 1. The zero-order valence-corrected chi connectivity index (χ0v) is 9.28. The molecule has 0 saturated heterocycles. The second-order valence-corrected chi connectivity index (χ2v) is 3.33. The van der Waals surface area contributed by atoms with Crippen LogP contribution in [0.2, 0.25) is 0 Å². The first-order valence-corrected chi connectivity index (χ1v) is 4.67. The molecule has 15 heavy (non-hydrogen) atoms. The van der Waals surface area contributed by atoms with Gasteiger partial charge in [-0.05, 0) is 24.4 Å². The molecule has 0 spiro atoms. The molecule has 0 fully saturated rings. The van der Waals surface area contributed by atoms with Crippen LogP contribution >= 0.6 is 12.2 Å². The summed E-state index contributed by atoms with van der Waals surface area (Å²) in [6.45, 7) is 0. The van der Waals surface area contributed by atoms with Crippen molar-refractivity contribution >= 4 is 23.4 Å². The summed E-state index contributed by atoms with van der Waals surface area (Å²) in [7, 11) is 3.39. The highest BCUT2D eigenvalue weighted by atomic mass is 32.1. The number of carbonyl (C=O) groups is 1. The van der Waals surface area contributed by atoms with Gasteiger partial charge in [0.1, 0.15) is 0 Å². The van der Waals surface area contributed by atoms with Gasteiger partial charge in [0, 0.05) is 14.1 Å². The number of nitrogens with zero attached hydrogens (tertiary/aromatic N) is 1. The molecule has 4 nitrogen and oxygen atoms in total. The molecule has 1 aromatic rings. The molecule has 0 aliphatic carbocycles. The third-order valence-electron chi connectivity index (χ3n) is 1.56. The topological polar surface area (TPSA) is 38.8 Å². The summed E-state index contributed by atoms with van der Waals surface area (Å²) >= 11 is 4.77. The maximum Gasteiger partial charge on any atom is 0.386 e. The van der Waals surface area contributed by atoms with Crippen LogP contribution in [0.15, 0.2) is 30.3 Å². The smallest absolute Gasteiger partial charge is 0.336 e. The molecule has 0 aliphatic heterocycles. The van der Waals surface area contributed by atoms with Crippen molar-refractivity contribution < 1.29 is 14.6 Å². The Morgan fingerprint density at radius 2 is 1.80 bits per heavy atom. The molecular formula is C10H11NO3S. The van der Waals surface area contributed by atoms with Crippen molar-refractivity contribution in [2.45, 2.75) is 0 Å². The van der Waals surface area contributed by atoms with Crippen LogP contribution in [-0.2, 0) is 9.78 Å². The van der Waals surface area contributed by atoms with Crippen molar-refractivity contribution in [3.8, 4) is 0 Å². The fourth-order valence-corrected chi connectivity index (χ4v) is 0.804. The van der Waals surface area contributed by atoms with E-state index in [4.69, 9.17) is 12.2 Å². The molecule has 0 bridgehead atoms. The Balaban J connectivity index is 2.48. The highest BCUT2D eigenvalue weighted by Crippen LogP contribution is 2.02. The molecule has 0 amide bonds. The van der Waals surface area contributed by atoms with Crippen LogP contribution in [0.25, 0.3) is 0 Å². The minimum Gasteiger partial charge on any atom is -0.336 e. The van der Waals surface area contributed by atoms with Crippen LogP contribution in [0.5, 0.6) is 0 Å². The lowest BCUT2D eigenvalue weighted by molar-refractivity contribution is -0.169. The highest BCUT2D eigenvalue weighted by Gasteiger charge is 2.10. The molecule has 80 valence electrons. The third-order valence-corrected chi connectivity index (χ3v) is 2.00. The van der Waals surface area contributed by atoms with Gasteiger partial charge < -0.3 is 4.90 Å². The molecule has 0 saturated carbocycles. The highest BCUT2D eigenvalue weighted by molar-refractivity contribution is 7.79. The van der Waals surface area contributed by atoms with E-state index < -0.39 is 5.97 Å². The van der Waals surface area contributed by atoms with E-state index in [1.54, 1.807) is 38.4 Å². The zero-order valence-electron chi connectivity index (χ0n) is 8.47. The predicted molar refractivity (Wildman–Crippen MR) is 59.2 cm³/mol. The third kappa shape index (κ3) is 3.55. The molecule has 0 unspecified atom stereocenters. The Hall–Kier alpha value is -1.62. The Morgan fingerprint density at radius 1 is 1.20 bits per heavy atom. The largest absolute Gasteiger partial charge is 0.386 e. The summed E-state index contributed by atoms with van der Waals surface area (Å²) < 4.78 is 0. The lowest BCUT2D eigenvalue weighted by Crippen LogP contribution is -2.23. The second-order valence-electron chi connectivity index (χ2n) is 2.98. The van der Waals surface area contributed by atoms with Gasteiger partial charge in [-0.15, -0.1) is 0 Å². The van der Waals surface area contributed by atoms with E-state index in [-0.39, 0.29) is 5.17 Å². The Kier molecular flexibility index (Phi) is 4.05. The minimum absolute atomic E-state index is 0.0966. The van der Waals surface area contributed by atoms with Gasteiger partial charge in [0.15, 0.2) is 0 Å². The summed E-state index contributed by atoms with van der Waals surface area (Å²) in [6.07, 6.45) is 0. The Bertz CT molecular complexity index is 351. The summed E-state index contributed by atoms with van der Waals surface area (Å²) in [4.78, 5) is 22.0. The molecular weight excluding hydrogens is 214 g/mol. The standard InChI is InChI=1S/C10H11NO3S/c1-11(2)10(15)14-13-9(12)8-6-4-3-5-7-8/h3-7H,1-2H3. The van der Waals surface area contributed by atoms with Gasteiger partial charge in [-0.3, -0.25) is 4.89 Å². The van der Waals surface area contributed by atoms with Crippen molar-refractivity contribution in [2.24, 2.45) is 0 Å². The molecule has 1 aromatic carbocycles. The second kappa shape index (κ2) is 5.31. The maximum absolute atomic E-state index is 11.3. The van der Waals surface area contributed by atoms with Gasteiger partial charge in [-0.25, -0.2) is 9.68 Å². The number of thiocarbonyl (C=S) groups is 1. The number of carbonyl (C=O) groups excluding carboxylic acids is 1. The van der Waals surface area contributed by atoms with Crippen molar-refractivity contribution in [1.29, 1.82) is 0 Å². The maximum atomic E-state index is 11.3. The normalized spacial score (nSPS) is 9.20. The minimum atomic E-state index is -0.570. The summed E-state index contributed by atoms with van der Waals surface area (Å²) in [5.41, 5.74) is 0.416. The van der Waals surface area contributed by atoms with Gasteiger partial charge in [-0.1, -0.05) is 18.2 Å². The SMILES string of the molecule is CN(C)C(=S)OOC(=O)c1ccccc1. The first-order valence-electron chi connectivity index (χ1n) is 4.26. The lowest BCUT2D eigenvalue weighted by atomic mass is 10.2. The van der Waals surface area contributed by atoms with Crippen molar-refractivity contribution in [1.82, 2.24) is 4.90 Å². The van der Waals surface area contributed by atoms with E-state index in [2.05, 4.69) is 9.78 Å². The van der Waals surface area contributed by atoms with Gasteiger partial charge in [0.2, 0.25) is 0 Å². The number of rotatable bonds is 1. The number of hydrogen-bond acceptors (Lipinski definition) is 4. The van der Waals surface area contributed by atoms with E-state index in [1.165, 1.54) is 4.90 Å². The summed E-state index contributed by atoms with van der Waals surface area (Å²) in [5.74, 6) is -0.570. The first kappa shape index (κ1) is 11.5. The number of hydrogen-bond donors (Lipinski definition) is 0. The molecule has 0 aliphatic rings. The van der Waals surface area contributed by atoms with E-state index in [0.29, 0.717) is 5.56 Å². The quantitative estimate of drug-likeness (QED) is 0.412. The zero-order chi connectivity index (χ0) is 11.3. The van der Waals surface area contributed by atoms with Crippen LogP contribution in [-0.4, -0.2) is 30.1 Å². The molecule has 0 atom stereocenters. The van der Waals surface area contributed by atoms with Gasteiger partial charge in [-0.2, -0.15) is 0 Å². The monoisotopic (exact) mass is 225 g/mol. The Labute approximate surface area is 93.3 Å². The average Bonchev–Trinajstić information content (AvgIpc) is 2.26.